The number of aliphatic hydroxyl groups excluding tert-OH is 3. The summed E-state index contributed by atoms with van der Waals surface area (Å²) in [4.78, 5) is 73.1. The second kappa shape index (κ2) is 17.2. The Kier molecular flexibility index (Phi) is 13.0. The Balaban J connectivity index is 0.000000140. The van der Waals surface area contributed by atoms with Crippen LogP contribution in [0.15, 0.2) is 36.5 Å². The lowest BCUT2D eigenvalue weighted by Crippen LogP contribution is -2.80. The zero-order valence-corrected chi connectivity index (χ0v) is 38.2. The second-order valence-corrected chi connectivity index (χ2v) is 20.0. The summed E-state index contributed by atoms with van der Waals surface area (Å²) in [6.07, 6.45) is 19.1. The number of halogens is 2. The molecule has 0 unspecified atom stereocenters. The molecule has 6 heterocycles. The van der Waals surface area contributed by atoms with Crippen molar-refractivity contribution in [1.82, 2.24) is 16.0 Å². The average molecular weight is 951 g/mol. The van der Waals surface area contributed by atoms with E-state index in [-0.39, 0.29) is 41.4 Å². The van der Waals surface area contributed by atoms with Crippen LogP contribution in [0.2, 0.25) is 0 Å². The summed E-state index contributed by atoms with van der Waals surface area (Å²) in [6.45, 7) is 7.13. The molecule has 6 saturated heterocycles. The molecule has 62 heavy (non-hydrogen) atoms. The van der Waals surface area contributed by atoms with Crippen molar-refractivity contribution in [3.63, 3.8) is 0 Å². The number of carbonyl (C=O) groups excluding carboxylic acids is 6. The molecule has 342 valence electrons. The molecule has 0 radical (unpaired) electrons. The summed E-state index contributed by atoms with van der Waals surface area (Å²) in [5.41, 5.74) is -6.78. The van der Waals surface area contributed by atoms with Crippen LogP contribution in [0.5, 0.6) is 0 Å². The highest BCUT2D eigenvalue weighted by atomic mass is 79.9. The summed E-state index contributed by atoms with van der Waals surface area (Å²) < 4.78 is 16.0. The molecular weight excluding hydrogens is 890 g/mol. The number of aliphatic hydroxyl groups is 3. The number of alkyl halides is 2. The summed E-state index contributed by atoms with van der Waals surface area (Å²) in [7, 11) is 0. The van der Waals surface area contributed by atoms with Gasteiger partial charge in [-0.25, -0.2) is 14.4 Å². The maximum atomic E-state index is 12.3. The molecule has 0 spiro atoms. The smallest absolute Gasteiger partial charge is 0.339 e. The lowest BCUT2D eigenvalue weighted by molar-refractivity contribution is -0.239. The Bertz CT molecular complexity index is 1840. The van der Waals surface area contributed by atoms with E-state index in [0.717, 1.165) is 57.8 Å². The Labute approximate surface area is 375 Å². The molecule has 9 rings (SSSR count). The Morgan fingerprint density at radius 2 is 0.935 bits per heavy atom. The van der Waals surface area contributed by atoms with E-state index in [1.165, 1.54) is 0 Å². The highest BCUT2D eigenvalue weighted by molar-refractivity contribution is 9.09. The fourth-order valence-electron chi connectivity index (χ4n) is 12.0. The van der Waals surface area contributed by atoms with Crippen LogP contribution in [0.1, 0.15) is 105 Å². The molecule has 0 bridgehead atoms. The maximum Gasteiger partial charge on any atom is 0.339 e. The van der Waals surface area contributed by atoms with Gasteiger partial charge in [-0.15, -0.1) is 11.6 Å². The molecular formula is C45H61BrClN3O12. The van der Waals surface area contributed by atoms with Gasteiger partial charge in [0.05, 0.1) is 36.1 Å². The lowest BCUT2D eigenvalue weighted by atomic mass is 9.64. The summed E-state index contributed by atoms with van der Waals surface area (Å²) in [5, 5.41) is 41.3. The third kappa shape index (κ3) is 6.56. The van der Waals surface area contributed by atoms with E-state index in [4.69, 9.17) is 25.8 Å². The minimum Gasteiger partial charge on any atom is -0.453 e. The number of amides is 3. The van der Waals surface area contributed by atoms with Gasteiger partial charge in [0, 0.05) is 29.0 Å². The summed E-state index contributed by atoms with van der Waals surface area (Å²) >= 11 is 9.10. The van der Waals surface area contributed by atoms with Gasteiger partial charge in [0.15, 0.2) is 16.8 Å². The molecule has 0 aromatic rings. The van der Waals surface area contributed by atoms with E-state index in [0.29, 0.717) is 30.5 Å². The van der Waals surface area contributed by atoms with Crippen molar-refractivity contribution in [3.8, 4) is 0 Å². The number of allylic oxidation sites excluding steroid dienone is 3. The molecule has 6 N–H and O–H groups in total. The third-order valence-corrected chi connectivity index (χ3v) is 16.4. The Morgan fingerprint density at radius 1 is 0.613 bits per heavy atom. The van der Waals surface area contributed by atoms with Crippen LogP contribution >= 0.6 is 27.5 Å². The molecule has 6 aliphatic heterocycles. The fourth-order valence-corrected chi connectivity index (χ4v) is 12.7. The van der Waals surface area contributed by atoms with Crippen molar-refractivity contribution in [3.05, 3.63) is 36.5 Å². The van der Waals surface area contributed by atoms with Gasteiger partial charge < -0.3 is 45.5 Å². The van der Waals surface area contributed by atoms with Gasteiger partial charge in [-0.3, -0.25) is 14.4 Å². The number of hydrogen-bond donors (Lipinski definition) is 6. The molecule has 0 saturated carbocycles. The van der Waals surface area contributed by atoms with Crippen LogP contribution in [0.3, 0.4) is 0 Å². The van der Waals surface area contributed by atoms with Crippen molar-refractivity contribution < 1.29 is 58.3 Å². The average Bonchev–Trinajstić information content (AvgIpc) is 3.65. The number of hydrogen-bond acceptors (Lipinski definition) is 12. The zero-order chi connectivity index (χ0) is 45.0. The maximum absolute atomic E-state index is 12.3. The van der Waals surface area contributed by atoms with Gasteiger partial charge in [-0.05, 0) is 97.8 Å². The topological polar surface area (TPSA) is 227 Å². The van der Waals surface area contributed by atoms with Crippen molar-refractivity contribution in [1.29, 1.82) is 0 Å². The SMILES string of the molecule is CC[C@H]1C(=O)N[C@@]2([C@@H](O)[C@@H]3C=CCCC3)C(=O)O[C@@]12C.C[C@@]12OC(=O)[C@]1([C@@H](O)[C@@H]1C=CCCC1)NC(=O)[C@@H]2CCBr.C[C@@]12OC(=O)[C@]1([C@@H](O)[C@@H]1C=CCCC1)NC(=O)[C@@H]2CCCl. The first-order valence-corrected chi connectivity index (χ1v) is 23.9. The van der Waals surface area contributed by atoms with Crippen molar-refractivity contribution in [2.45, 2.75) is 156 Å². The second-order valence-electron chi connectivity index (χ2n) is 18.8. The largest absolute Gasteiger partial charge is 0.453 e. The monoisotopic (exact) mass is 949 g/mol. The van der Waals surface area contributed by atoms with Gasteiger partial charge in [-0.1, -0.05) is 59.3 Å². The predicted molar refractivity (Wildman–Crippen MR) is 228 cm³/mol. The van der Waals surface area contributed by atoms with E-state index in [1.807, 2.05) is 43.4 Å². The van der Waals surface area contributed by atoms with E-state index in [1.54, 1.807) is 20.8 Å². The lowest BCUT2D eigenvalue weighted by Gasteiger charge is -2.54. The first-order valence-electron chi connectivity index (χ1n) is 22.2. The van der Waals surface area contributed by atoms with Gasteiger partial charge >= 0.3 is 17.9 Å². The number of ether oxygens (including phenoxy) is 3. The number of esters is 3. The van der Waals surface area contributed by atoms with Crippen LogP contribution in [0.4, 0.5) is 0 Å². The number of carbonyl (C=O) groups is 6. The number of fused-ring (bicyclic) bond motifs is 3. The molecule has 3 amide bonds. The van der Waals surface area contributed by atoms with Crippen LogP contribution in [-0.2, 0) is 43.0 Å². The Hall–Kier alpha value is -3.31. The number of rotatable bonds is 11. The highest BCUT2D eigenvalue weighted by Gasteiger charge is 2.81. The molecule has 9 aliphatic rings. The van der Waals surface area contributed by atoms with E-state index >= 15 is 0 Å². The normalized spacial score (nSPS) is 43.3. The zero-order valence-electron chi connectivity index (χ0n) is 35.8. The van der Waals surface area contributed by atoms with Gasteiger partial charge in [0.25, 0.3) is 0 Å². The van der Waals surface area contributed by atoms with Crippen LogP contribution in [-0.4, -0.2) is 114 Å². The minimum absolute atomic E-state index is 0.105. The van der Waals surface area contributed by atoms with Crippen molar-refractivity contribution >= 4 is 63.2 Å². The van der Waals surface area contributed by atoms with Gasteiger partial charge in [0.1, 0.15) is 0 Å². The van der Waals surface area contributed by atoms with E-state index in [2.05, 4.69) is 31.9 Å². The first-order chi connectivity index (χ1) is 29.4. The van der Waals surface area contributed by atoms with Gasteiger partial charge in [-0.2, -0.15) is 0 Å². The van der Waals surface area contributed by atoms with Crippen LogP contribution < -0.4 is 16.0 Å². The van der Waals surface area contributed by atoms with Crippen LogP contribution in [0, 0.1) is 35.5 Å². The standard InChI is InChI=1S/C15H20BrNO4.C15H20ClNO4.C15H21NO4/c2*1-14-10(7-8-16)12(19)17-15(14,13(20)21-14)11(18)9-5-3-2-4-6-9;1-3-10-12(18)16-15(13(19)20-14(10,15)2)11(17)9-7-5-4-6-8-9/h2*3,5,9-11,18H,2,4,6-8H2,1H3,(H,17,19);5,7,9-11,17H,3-4,6,8H2,1-2H3,(H,16,18)/t3*9-,10+,11+,14+,15+/m111/s1. The molecule has 15 nitrogen and oxygen atoms in total. The molecule has 3 aliphatic carbocycles. The summed E-state index contributed by atoms with van der Waals surface area (Å²) in [6, 6.07) is 0. The van der Waals surface area contributed by atoms with Crippen molar-refractivity contribution in [2.75, 3.05) is 11.2 Å². The predicted octanol–water partition coefficient (Wildman–Crippen LogP) is 3.34. The van der Waals surface area contributed by atoms with Gasteiger partial charge in [0.2, 0.25) is 34.3 Å². The minimum atomic E-state index is -1.33. The fraction of sp³-hybridized carbons (Fsp3) is 0.733. The first kappa shape index (κ1) is 46.7. The molecule has 6 fully saturated rings. The molecule has 0 aromatic carbocycles. The molecule has 15 atom stereocenters. The Morgan fingerprint density at radius 3 is 1.21 bits per heavy atom. The third-order valence-electron chi connectivity index (χ3n) is 15.8. The summed E-state index contributed by atoms with van der Waals surface area (Å²) in [5.74, 6) is -3.58. The number of nitrogens with one attached hydrogen (secondary N) is 3. The molecule has 17 heteroatoms. The van der Waals surface area contributed by atoms with Crippen molar-refractivity contribution in [2.24, 2.45) is 35.5 Å². The highest BCUT2D eigenvalue weighted by Crippen LogP contribution is 2.56. The van der Waals surface area contributed by atoms with E-state index < -0.39 is 81.5 Å². The van der Waals surface area contributed by atoms with Crippen LogP contribution in [0.25, 0.3) is 0 Å². The van der Waals surface area contributed by atoms with E-state index in [9.17, 15) is 44.1 Å². The quantitative estimate of drug-likeness (QED) is 0.0760. The molecule has 0 aromatic heterocycles.